The van der Waals surface area contributed by atoms with E-state index in [0.717, 1.165) is 0 Å². The summed E-state index contributed by atoms with van der Waals surface area (Å²) in [6.07, 6.45) is -5.71. The van der Waals surface area contributed by atoms with Gasteiger partial charge in [0, 0.05) is 12.5 Å². The quantitative estimate of drug-likeness (QED) is 0.614. The van der Waals surface area contributed by atoms with Gasteiger partial charge in [0.2, 0.25) is 11.8 Å². The number of carbonyl (C=O) groups is 3. The molecule has 1 aliphatic heterocycles. The van der Waals surface area contributed by atoms with Gasteiger partial charge in [-0.25, -0.2) is 0 Å². The zero-order valence-corrected chi connectivity index (χ0v) is 15.4. The molecular weight excluding hydrogens is 353 g/mol. The topological polar surface area (TPSA) is 105 Å². The summed E-state index contributed by atoms with van der Waals surface area (Å²) in [6, 6.07) is -2.24. The summed E-state index contributed by atoms with van der Waals surface area (Å²) < 4.78 is 37.2. The van der Waals surface area contributed by atoms with E-state index in [1.165, 1.54) is 11.8 Å². The Morgan fingerprint density at radius 1 is 1.15 bits per heavy atom. The fourth-order valence-corrected chi connectivity index (χ4v) is 4.20. The van der Waals surface area contributed by atoms with Crippen molar-refractivity contribution in [2.24, 2.45) is 22.5 Å². The highest BCUT2D eigenvalue weighted by Crippen LogP contribution is 2.74. The zero-order valence-electron chi connectivity index (χ0n) is 15.4. The smallest absolute Gasteiger partial charge is 0.339 e. The van der Waals surface area contributed by atoms with E-state index in [1.807, 2.05) is 20.8 Å². The molecule has 26 heavy (non-hydrogen) atoms. The van der Waals surface area contributed by atoms with Crippen LogP contribution in [0.4, 0.5) is 13.2 Å². The number of nitrogens with zero attached hydrogens (tertiary/aromatic N) is 1. The molecule has 4 N–H and O–H groups in total. The lowest BCUT2D eigenvalue weighted by Crippen LogP contribution is -2.57. The first-order chi connectivity index (χ1) is 11.6. The Morgan fingerprint density at radius 2 is 1.69 bits per heavy atom. The fourth-order valence-electron chi connectivity index (χ4n) is 4.20. The van der Waals surface area contributed by atoms with Crippen molar-refractivity contribution < 1.29 is 27.6 Å². The van der Waals surface area contributed by atoms with Gasteiger partial charge < -0.3 is 21.3 Å². The van der Waals surface area contributed by atoms with Crippen LogP contribution in [-0.4, -0.2) is 53.6 Å². The maximum absolute atomic E-state index is 12.7. The Bertz CT molecular complexity index is 635. The van der Waals surface area contributed by atoms with Crippen molar-refractivity contribution in [3.63, 3.8) is 0 Å². The molecule has 2 rings (SSSR count). The number of likely N-dealkylation sites (tertiary alicyclic amines) is 1. The summed E-state index contributed by atoms with van der Waals surface area (Å²) in [5.74, 6) is -3.49. The lowest BCUT2D eigenvalue weighted by Gasteiger charge is -2.33. The number of fused-ring (bicyclic) bond motifs is 1. The summed E-state index contributed by atoms with van der Waals surface area (Å²) in [6.45, 7) is 8.89. The molecule has 3 amide bonds. The largest absolute Gasteiger partial charge is 0.471 e. The minimum atomic E-state index is -5.08. The third kappa shape index (κ3) is 3.15. The van der Waals surface area contributed by atoms with Crippen LogP contribution in [0.15, 0.2) is 0 Å². The van der Waals surface area contributed by atoms with Crippen LogP contribution in [0.25, 0.3) is 0 Å². The molecule has 7 nitrogen and oxygen atoms in total. The number of piperidine rings is 1. The number of hydrogen-bond acceptors (Lipinski definition) is 4. The SMILES string of the molecule is C[C@H](NC(=O)C(F)(F)F)C(=O)N1CC2(C)C([C@H]1C(=O)N[C@@H](C)N)C2(C)C. The number of nitrogens with one attached hydrogen (secondary N) is 2. The Labute approximate surface area is 149 Å². The minimum Gasteiger partial charge on any atom is -0.339 e. The predicted octanol–water partition coefficient (Wildman–Crippen LogP) is 0.347. The molecule has 1 heterocycles. The molecule has 2 fully saturated rings. The van der Waals surface area contributed by atoms with Gasteiger partial charge in [-0.1, -0.05) is 20.8 Å². The summed E-state index contributed by atoms with van der Waals surface area (Å²) in [4.78, 5) is 37.6. The van der Waals surface area contributed by atoms with Crippen LogP contribution in [0.5, 0.6) is 0 Å². The van der Waals surface area contributed by atoms with E-state index >= 15 is 0 Å². The van der Waals surface area contributed by atoms with Crippen LogP contribution >= 0.6 is 0 Å². The van der Waals surface area contributed by atoms with E-state index < -0.39 is 42.1 Å². The number of carbonyl (C=O) groups excluding carboxylic acids is 3. The second-order valence-electron chi connectivity index (χ2n) is 8.02. The van der Waals surface area contributed by atoms with E-state index in [4.69, 9.17) is 5.73 Å². The van der Waals surface area contributed by atoms with Gasteiger partial charge in [0.05, 0.1) is 6.17 Å². The van der Waals surface area contributed by atoms with Crippen LogP contribution in [0, 0.1) is 16.7 Å². The molecule has 2 unspecified atom stereocenters. The van der Waals surface area contributed by atoms with Crippen molar-refractivity contribution in [1.29, 1.82) is 0 Å². The molecule has 148 valence electrons. The molecule has 0 radical (unpaired) electrons. The number of hydrogen-bond donors (Lipinski definition) is 3. The third-order valence-electron chi connectivity index (χ3n) is 5.90. The molecular formula is C16H25F3N4O3. The maximum atomic E-state index is 12.7. The van der Waals surface area contributed by atoms with Crippen molar-refractivity contribution in [3.8, 4) is 0 Å². The Balaban J connectivity index is 2.20. The van der Waals surface area contributed by atoms with Gasteiger partial charge in [-0.15, -0.1) is 0 Å². The summed E-state index contributed by atoms with van der Waals surface area (Å²) in [7, 11) is 0. The van der Waals surface area contributed by atoms with Crippen molar-refractivity contribution in [1.82, 2.24) is 15.5 Å². The van der Waals surface area contributed by atoms with Gasteiger partial charge >= 0.3 is 12.1 Å². The van der Waals surface area contributed by atoms with Crippen LogP contribution in [0.1, 0.15) is 34.6 Å². The molecule has 5 atom stereocenters. The number of amides is 3. The first kappa shape index (κ1) is 20.5. The van der Waals surface area contributed by atoms with Crippen molar-refractivity contribution >= 4 is 17.7 Å². The molecule has 0 aromatic rings. The lowest BCUT2D eigenvalue weighted by molar-refractivity contribution is -0.175. The molecule has 0 bridgehead atoms. The third-order valence-corrected chi connectivity index (χ3v) is 5.90. The summed E-state index contributed by atoms with van der Waals surface area (Å²) in [5, 5.41) is 4.21. The molecule has 1 aliphatic carbocycles. The molecule has 0 aromatic heterocycles. The van der Waals surface area contributed by atoms with E-state index in [-0.39, 0.29) is 23.3 Å². The molecule has 2 aliphatic rings. The van der Waals surface area contributed by atoms with Gasteiger partial charge in [0.15, 0.2) is 0 Å². The van der Waals surface area contributed by atoms with Crippen LogP contribution in [0.2, 0.25) is 0 Å². The van der Waals surface area contributed by atoms with Crippen molar-refractivity contribution in [2.45, 2.75) is 59.0 Å². The fraction of sp³-hybridized carbons (Fsp3) is 0.812. The number of rotatable bonds is 4. The number of nitrogens with two attached hydrogens (primary N) is 1. The standard InChI is InChI=1S/C16H25F3N4O3/c1-7(21-13(26)16(17,18)19)12(25)23-6-15(5)10(14(15,3)4)9(23)11(24)22-8(2)20/h7-10H,6,20H2,1-5H3,(H,21,26)(H,22,24)/t7-,8-,9-,10?,15?/m0/s1. The van der Waals surface area contributed by atoms with E-state index in [0.29, 0.717) is 0 Å². The number of alkyl halides is 3. The van der Waals surface area contributed by atoms with Crippen LogP contribution in [0.3, 0.4) is 0 Å². The van der Waals surface area contributed by atoms with Crippen molar-refractivity contribution in [3.05, 3.63) is 0 Å². The van der Waals surface area contributed by atoms with Crippen LogP contribution < -0.4 is 16.4 Å². The minimum absolute atomic E-state index is 0.136. The highest BCUT2D eigenvalue weighted by atomic mass is 19.4. The molecule has 1 saturated carbocycles. The summed E-state index contributed by atoms with van der Waals surface area (Å²) >= 11 is 0. The van der Waals surface area contributed by atoms with Gasteiger partial charge in [-0.05, 0) is 24.7 Å². The first-order valence-electron chi connectivity index (χ1n) is 8.38. The second-order valence-corrected chi connectivity index (χ2v) is 8.02. The lowest BCUT2D eigenvalue weighted by atomic mass is 9.96. The van der Waals surface area contributed by atoms with Gasteiger partial charge in [-0.3, -0.25) is 14.4 Å². The maximum Gasteiger partial charge on any atom is 0.471 e. The number of halogens is 3. The predicted molar refractivity (Wildman–Crippen MR) is 86.3 cm³/mol. The van der Waals surface area contributed by atoms with Gasteiger partial charge in [0.1, 0.15) is 12.1 Å². The molecule has 0 aromatic carbocycles. The average molecular weight is 378 g/mol. The van der Waals surface area contributed by atoms with E-state index in [1.54, 1.807) is 12.2 Å². The zero-order chi connectivity index (χ0) is 20.2. The Kier molecular flexibility index (Phi) is 4.81. The Hall–Kier alpha value is -1.84. The molecule has 10 heteroatoms. The highest BCUT2D eigenvalue weighted by molar-refractivity contribution is 5.94. The normalized spacial score (nSPS) is 31.7. The molecule has 0 spiro atoms. The second kappa shape index (κ2) is 6.11. The first-order valence-corrected chi connectivity index (χ1v) is 8.38. The highest BCUT2D eigenvalue weighted by Gasteiger charge is 2.77. The average Bonchev–Trinajstić information content (AvgIpc) is 2.78. The monoisotopic (exact) mass is 378 g/mol. The molecule has 1 saturated heterocycles. The Morgan fingerprint density at radius 3 is 2.15 bits per heavy atom. The van der Waals surface area contributed by atoms with E-state index in [2.05, 4.69) is 5.32 Å². The van der Waals surface area contributed by atoms with Gasteiger partial charge in [-0.2, -0.15) is 13.2 Å². The van der Waals surface area contributed by atoms with Crippen LogP contribution in [-0.2, 0) is 14.4 Å². The van der Waals surface area contributed by atoms with Crippen molar-refractivity contribution in [2.75, 3.05) is 6.54 Å². The summed E-state index contributed by atoms with van der Waals surface area (Å²) in [5.41, 5.74) is 5.08. The van der Waals surface area contributed by atoms with E-state index in [9.17, 15) is 27.6 Å². The van der Waals surface area contributed by atoms with Gasteiger partial charge in [0.25, 0.3) is 0 Å².